The van der Waals surface area contributed by atoms with Gasteiger partial charge in [0.1, 0.15) is 5.52 Å². The third-order valence-electron chi connectivity index (χ3n) is 10.4. The molecule has 0 amide bonds. The molecule has 0 N–H and O–H groups in total. The fraction of sp³-hybridized carbons (Fsp3) is 0. The van der Waals surface area contributed by atoms with Crippen molar-refractivity contribution in [3.8, 4) is 61.9 Å². The van der Waals surface area contributed by atoms with Crippen LogP contribution < -0.4 is 10.4 Å². The maximum atomic E-state index is 6.48. The number of hydrogen-bond donors (Lipinski definition) is 0. The Kier molecular flexibility index (Phi) is 6.62. The van der Waals surface area contributed by atoms with Gasteiger partial charge in [0.25, 0.3) is 0 Å². The van der Waals surface area contributed by atoms with Gasteiger partial charge in [0.05, 0.1) is 26.5 Å². The van der Waals surface area contributed by atoms with Crippen molar-refractivity contribution in [2.45, 2.75) is 0 Å². The van der Waals surface area contributed by atoms with Gasteiger partial charge in [-0.2, -0.15) is 0 Å². The van der Waals surface area contributed by atoms with E-state index in [2.05, 4.69) is 77.0 Å². The van der Waals surface area contributed by atoms with E-state index in [1.807, 2.05) is 91.0 Å². The summed E-state index contributed by atoms with van der Waals surface area (Å²) in [7, 11) is 0. The molecule has 1 aliphatic rings. The van der Waals surface area contributed by atoms with E-state index in [1.165, 1.54) is 15.5 Å². The van der Waals surface area contributed by atoms with Crippen LogP contribution in [0.1, 0.15) is 0 Å². The summed E-state index contributed by atoms with van der Waals surface area (Å²) in [5.41, 5.74) is 14.1. The summed E-state index contributed by atoms with van der Waals surface area (Å²) in [6.07, 6.45) is 0. The lowest BCUT2D eigenvalue weighted by molar-refractivity contribution is 0.620. The van der Waals surface area contributed by atoms with E-state index in [0.29, 0.717) is 28.9 Å². The first kappa shape index (κ1) is 30.9. The highest BCUT2D eigenvalue weighted by molar-refractivity contribution is 7.20. The number of fused-ring (bicyclic) bond motifs is 7. The molecule has 260 valence electrons. The van der Waals surface area contributed by atoms with Crippen molar-refractivity contribution in [3.63, 3.8) is 0 Å². The summed E-state index contributed by atoms with van der Waals surface area (Å²) in [5.74, 6) is 2.33. The predicted octanol–water partition coefficient (Wildman–Crippen LogP) is 10.1. The standard InChI is InChI=1S/C48H26N6OS/c1-3-12-28(13-4-1)44-51-45(29-14-5-2-6-15-29)53-46(52-44)31-22-23-38-41(25-31)55-47(49-38)32-17-11-16-30(24-32)34-26-36-33-18-7-9-20-40(33)54(43(36)37-27-35(34)37)48-50-39-19-8-10-21-42(39)56-48/h1-26H. The Morgan fingerprint density at radius 1 is 0.482 bits per heavy atom. The Morgan fingerprint density at radius 2 is 1.16 bits per heavy atom. The lowest BCUT2D eigenvalue weighted by Crippen LogP contribution is -2.14. The molecule has 4 aromatic heterocycles. The number of rotatable bonds is 6. The molecule has 0 atom stereocenters. The molecule has 7 aromatic carbocycles. The van der Waals surface area contributed by atoms with E-state index in [4.69, 9.17) is 29.3 Å². The minimum atomic E-state index is 0.548. The first-order chi connectivity index (χ1) is 27.7. The molecule has 0 unspecified atom stereocenters. The van der Waals surface area contributed by atoms with Gasteiger partial charge in [-0.3, -0.25) is 4.57 Å². The number of hydrogen-bond acceptors (Lipinski definition) is 7. The van der Waals surface area contributed by atoms with Crippen LogP contribution in [0.2, 0.25) is 0 Å². The van der Waals surface area contributed by atoms with Crippen LogP contribution in [-0.2, 0) is 0 Å². The summed E-state index contributed by atoms with van der Waals surface area (Å²) >= 11 is 1.71. The largest absolute Gasteiger partial charge is 0.436 e. The van der Waals surface area contributed by atoms with Crippen molar-refractivity contribution in [1.82, 2.24) is 29.5 Å². The second-order valence-electron chi connectivity index (χ2n) is 13.8. The first-order valence-corrected chi connectivity index (χ1v) is 19.2. The molecule has 4 heterocycles. The maximum absolute atomic E-state index is 6.48. The zero-order chi connectivity index (χ0) is 36.7. The van der Waals surface area contributed by atoms with Gasteiger partial charge < -0.3 is 4.42 Å². The Bertz CT molecular complexity index is 3440. The van der Waals surface area contributed by atoms with Crippen molar-refractivity contribution in [2.75, 3.05) is 0 Å². The van der Waals surface area contributed by atoms with Gasteiger partial charge >= 0.3 is 0 Å². The minimum absolute atomic E-state index is 0.548. The van der Waals surface area contributed by atoms with Gasteiger partial charge in [-0.25, -0.2) is 24.9 Å². The van der Waals surface area contributed by atoms with Crippen molar-refractivity contribution in [2.24, 2.45) is 0 Å². The fourth-order valence-corrected chi connectivity index (χ4v) is 8.66. The van der Waals surface area contributed by atoms with E-state index < -0.39 is 0 Å². The summed E-state index contributed by atoms with van der Waals surface area (Å²) in [6.45, 7) is 0. The number of oxazole rings is 1. The molecule has 11 aromatic rings. The van der Waals surface area contributed by atoms with Crippen molar-refractivity contribution < 1.29 is 4.42 Å². The second kappa shape index (κ2) is 12.0. The normalized spacial score (nSPS) is 11.9. The van der Waals surface area contributed by atoms with Crippen molar-refractivity contribution in [3.05, 3.63) is 168 Å². The Morgan fingerprint density at radius 3 is 1.95 bits per heavy atom. The van der Waals surface area contributed by atoms with Crippen LogP contribution in [-0.4, -0.2) is 29.5 Å². The van der Waals surface area contributed by atoms with Gasteiger partial charge in [-0.05, 0) is 65.7 Å². The number of aromatic nitrogens is 6. The lowest BCUT2D eigenvalue weighted by atomic mass is 10.0. The molecule has 0 bridgehead atoms. The van der Waals surface area contributed by atoms with Crippen molar-refractivity contribution in [1.29, 1.82) is 0 Å². The third kappa shape index (κ3) is 4.94. The molecule has 8 heteroatoms. The Labute approximate surface area is 322 Å². The quantitative estimate of drug-likeness (QED) is 0.169. The molecule has 0 radical (unpaired) electrons. The van der Waals surface area contributed by atoms with Crippen LogP contribution in [0.25, 0.3) is 111 Å². The van der Waals surface area contributed by atoms with Gasteiger partial charge in [-0.1, -0.05) is 120 Å². The predicted molar refractivity (Wildman–Crippen MR) is 224 cm³/mol. The number of nitrogens with zero attached hydrogens (tertiary/aromatic N) is 6. The third-order valence-corrected chi connectivity index (χ3v) is 11.4. The fourth-order valence-electron chi connectivity index (χ4n) is 7.67. The van der Waals surface area contributed by atoms with Gasteiger partial charge in [0, 0.05) is 38.2 Å². The Hall–Kier alpha value is -7.51. The summed E-state index contributed by atoms with van der Waals surface area (Å²) in [5, 5.41) is 5.60. The minimum Gasteiger partial charge on any atom is -0.436 e. The van der Waals surface area contributed by atoms with E-state index in [9.17, 15) is 0 Å². The molecule has 56 heavy (non-hydrogen) atoms. The monoisotopic (exact) mass is 734 g/mol. The molecule has 12 rings (SSSR count). The van der Waals surface area contributed by atoms with Crippen LogP contribution in [0.15, 0.2) is 162 Å². The zero-order valence-electron chi connectivity index (χ0n) is 29.5. The first-order valence-electron chi connectivity index (χ1n) is 18.3. The molecule has 1 aliphatic carbocycles. The highest BCUT2D eigenvalue weighted by Crippen LogP contribution is 2.36. The van der Waals surface area contributed by atoms with E-state index >= 15 is 0 Å². The lowest BCUT2D eigenvalue weighted by Gasteiger charge is -2.08. The Balaban J connectivity index is 0.937. The summed E-state index contributed by atoms with van der Waals surface area (Å²) < 4.78 is 9.96. The van der Waals surface area contributed by atoms with E-state index in [1.54, 1.807) is 11.3 Å². The average molecular weight is 735 g/mol. The summed E-state index contributed by atoms with van der Waals surface area (Å²) in [6, 6.07) is 53.5. The summed E-state index contributed by atoms with van der Waals surface area (Å²) in [4.78, 5) is 24.6. The number of thiazole rings is 1. The SMILES string of the molecule is C1=c2c(-c3cccc(-c4nc5ccc(-c6nc(-c7ccccc7)nc(-c7ccccc7)n6)cc5o4)c3)cc3c4ccccc4n(-c4nc5ccccc5s4)c3c2=1. The van der Waals surface area contributed by atoms with Crippen LogP contribution in [0.4, 0.5) is 0 Å². The second-order valence-corrected chi connectivity index (χ2v) is 14.8. The van der Waals surface area contributed by atoms with Gasteiger partial charge in [0.15, 0.2) is 28.2 Å². The topological polar surface area (TPSA) is 82.5 Å². The molecular formula is C48H26N6OS. The van der Waals surface area contributed by atoms with E-state index in [-0.39, 0.29) is 0 Å². The van der Waals surface area contributed by atoms with Gasteiger partial charge in [0.2, 0.25) is 5.89 Å². The average Bonchev–Trinajstić information content (AvgIpc) is 3.59. The van der Waals surface area contributed by atoms with Crippen LogP contribution >= 0.6 is 11.3 Å². The molecule has 7 nitrogen and oxygen atoms in total. The molecule has 0 aliphatic heterocycles. The highest BCUT2D eigenvalue weighted by Gasteiger charge is 2.22. The van der Waals surface area contributed by atoms with Crippen molar-refractivity contribution >= 4 is 60.2 Å². The molecule has 0 fully saturated rings. The number of benzene rings is 7. The zero-order valence-corrected chi connectivity index (χ0v) is 30.3. The smallest absolute Gasteiger partial charge is 0.227 e. The highest BCUT2D eigenvalue weighted by atomic mass is 32.1. The van der Waals surface area contributed by atoms with Crippen LogP contribution in [0.5, 0.6) is 0 Å². The van der Waals surface area contributed by atoms with E-state index in [0.717, 1.165) is 71.0 Å². The van der Waals surface area contributed by atoms with Gasteiger partial charge in [-0.15, -0.1) is 0 Å². The van der Waals surface area contributed by atoms with Crippen LogP contribution in [0, 0.1) is 0 Å². The maximum Gasteiger partial charge on any atom is 0.227 e. The molecule has 0 saturated heterocycles. The molecule has 0 saturated carbocycles. The molecule has 0 spiro atoms. The number of para-hydroxylation sites is 2. The molecular weight excluding hydrogens is 709 g/mol. The van der Waals surface area contributed by atoms with Crippen LogP contribution in [0.3, 0.4) is 0 Å².